The van der Waals surface area contributed by atoms with E-state index in [1.165, 1.54) is 24.0 Å². The zero-order chi connectivity index (χ0) is 14.4. The van der Waals surface area contributed by atoms with Gasteiger partial charge in [0.15, 0.2) is 0 Å². The predicted molar refractivity (Wildman–Crippen MR) is 82.7 cm³/mol. The molecule has 1 N–H and O–H groups in total. The zero-order valence-corrected chi connectivity index (χ0v) is 12.2. The number of nitrogens with one attached hydrogen (secondary N) is 1. The third-order valence-corrected chi connectivity index (χ3v) is 5.33. The summed E-state index contributed by atoms with van der Waals surface area (Å²) < 4.78 is 14.1. The van der Waals surface area contributed by atoms with Gasteiger partial charge >= 0.3 is 0 Å². The molecular formula is C19H20FN. The minimum atomic E-state index is -0.0891. The van der Waals surface area contributed by atoms with E-state index in [1.54, 1.807) is 12.1 Å². The normalized spacial score (nSPS) is 27.6. The van der Waals surface area contributed by atoms with Crippen LogP contribution in [0.25, 0.3) is 0 Å². The van der Waals surface area contributed by atoms with E-state index >= 15 is 0 Å². The van der Waals surface area contributed by atoms with E-state index in [0.29, 0.717) is 17.8 Å². The van der Waals surface area contributed by atoms with Crippen LogP contribution in [0.4, 0.5) is 4.39 Å². The van der Waals surface area contributed by atoms with E-state index in [0.717, 1.165) is 5.56 Å². The molecule has 1 nitrogen and oxygen atoms in total. The Morgan fingerprint density at radius 1 is 1.10 bits per heavy atom. The van der Waals surface area contributed by atoms with E-state index < -0.39 is 0 Å². The molecule has 0 bridgehead atoms. The van der Waals surface area contributed by atoms with E-state index in [4.69, 9.17) is 0 Å². The highest BCUT2D eigenvalue weighted by Crippen LogP contribution is 2.64. The Hall–Kier alpha value is -1.67. The van der Waals surface area contributed by atoms with E-state index in [9.17, 15) is 4.39 Å². The molecule has 1 saturated carbocycles. The van der Waals surface area contributed by atoms with Crippen molar-refractivity contribution in [1.82, 2.24) is 5.32 Å². The first-order valence-corrected chi connectivity index (χ1v) is 7.80. The smallest absolute Gasteiger partial charge is 0.127 e. The van der Waals surface area contributed by atoms with Gasteiger partial charge in [-0.15, -0.1) is 0 Å². The molecule has 2 aliphatic carbocycles. The van der Waals surface area contributed by atoms with E-state index in [-0.39, 0.29) is 11.9 Å². The molecule has 0 radical (unpaired) electrons. The molecule has 0 saturated heterocycles. The van der Waals surface area contributed by atoms with Crippen molar-refractivity contribution in [3.8, 4) is 0 Å². The lowest BCUT2D eigenvalue weighted by Gasteiger charge is -2.18. The van der Waals surface area contributed by atoms with E-state index in [2.05, 4.69) is 29.6 Å². The molecule has 2 aliphatic rings. The Labute approximate surface area is 125 Å². The van der Waals surface area contributed by atoms with Crippen LogP contribution in [0.15, 0.2) is 48.5 Å². The first kappa shape index (κ1) is 13.0. The van der Waals surface area contributed by atoms with Crippen LogP contribution in [0.2, 0.25) is 0 Å². The number of hydrogen-bond donors (Lipinski definition) is 1. The quantitative estimate of drug-likeness (QED) is 0.894. The Morgan fingerprint density at radius 3 is 2.67 bits per heavy atom. The van der Waals surface area contributed by atoms with Crippen molar-refractivity contribution in [3.63, 3.8) is 0 Å². The maximum atomic E-state index is 14.1. The fourth-order valence-corrected chi connectivity index (χ4v) is 4.36. The van der Waals surface area contributed by atoms with Gasteiger partial charge in [0.1, 0.15) is 5.82 Å². The lowest BCUT2D eigenvalue weighted by Crippen LogP contribution is -2.20. The van der Waals surface area contributed by atoms with Crippen molar-refractivity contribution in [3.05, 3.63) is 71.0 Å². The molecule has 0 heterocycles. The number of rotatable bonds is 3. The van der Waals surface area contributed by atoms with Crippen LogP contribution >= 0.6 is 0 Å². The summed E-state index contributed by atoms with van der Waals surface area (Å²) in [5.74, 6) is 1.74. The van der Waals surface area contributed by atoms with Crippen LogP contribution in [-0.2, 0) is 6.42 Å². The summed E-state index contributed by atoms with van der Waals surface area (Å²) in [5, 5.41) is 3.37. The molecule has 4 rings (SSSR count). The number of fused-ring (bicyclic) bond motifs is 3. The topological polar surface area (TPSA) is 12.0 Å². The minimum Gasteiger partial charge on any atom is -0.313 e. The Bertz CT molecular complexity index is 666. The minimum absolute atomic E-state index is 0.0891. The molecular weight excluding hydrogens is 261 g/mol. The molecule has 21 heavy (non-hydrogen) atoms. The van der Waals surface area contributed by atoms with Crippen LogP contribution in [0.3, 0.4) is 0 Å². The SMILES string of the molecule is CNC(c1ccccc1F)C1C2CCc3ccccc3C21. The molecule has 1 fully saturated rings. The van der Waals surface area contributed by atoms with Gasteiger partial charge in [-0.2, -0.15) is 0 Å². The Morgan fingerprint density at radius 2 is 1.86 bits per heavy atom. The number of halogens is 1. The molecule has 2 aromatic rings. The van der Waals surface area contributed by atoms with Crippen LogP contribution in [0.5, 0.6) is 0 Å². The summed E-state index contributed by atoms with van der Waals surface area (Å²) in [5.41, 5.74) is 3.80. The predicted octanol–water partition coefficient (Wildman–Crippen LogP) is 4.06. The second-order valence-corrected chi connectivity index (χ2v) is 6.29. The first-order valence-electron chi connectivity index (χ1n) is 7.80. The monoisotopic (exact) mass is 281 g/mol. The average molecular weight is 281 g/mol. The molecule has 0 aliphatic heterocycles. The standard InChI is InChI=1S/C19H20FN/c1-21-19(14-8-4-5-9-16(14)20)18-15-11-10-12-6-2-3-7-13(12)17(15)18/h2-9,15,17-19,21H,10-11H2,1H3. The van der Waals surface area contributed by atoms with Crippen molar-refractivity contribution in [1.29, 1.82) is 0 Å². The van der Waals surface area contributed by atoms with Gasteiger partial charge in [-0.25, -0.2) is 4.39 Å². The number of hydrogen-bond acceptors (Lipinski definition) is 1. The van der Waals surface area contributed by atoms with Crippen LogP contribution < -0.4 is 5.32 Å². The highest BCUT2D eigenvalue weighted by Gasteiger charge is 2.56. The third kappa shape index (κ3) is 2.01. The van der Waals surface area contributed by atoms with Gasteiger partial charge < -0.3 is 5.32 Å². The molecule has 4 unspecified atom stereocenters. The molecule has 0 amide bonds. The second-order valence-electron chi connectivity index (χ2n) is 6.29. The van der Waals surface area contributed by atoms with Crippen LogP contribution in [-0.4, -0.2) is 7.05 Å². The zero-order valence-electron chi connectivity index (χ0n) is 12.2. The lowest BCUT2D eigenvalue weighted by atomic mass is 9.92. The van der Waals surface area contributed by atoms with Crippen LogP contribution in [0, 0.1) is 17.7 Å². The molecule has 0 aromatic heterocycles. The fourth-order valence-electron chi connectivity index (χ4n) is 4.36. The molecule has 0 spiro atoms. The van der Waals surface area contributed by atoms with Crippen molar-refractivity contribution in [2.45, 2.75) is 24.8 Å². The summed E-state index contributed by atoms with van der Waals surface area (Å²) in [6, 6.07) is 16.1. The summed E-state index contributed by atoms with van der Waals surface area (Å²) in [6.07, 6.45) is 2.40. The number of aryl methyl sites for hydroxylation is 1. The first-order chi connectivity index (χ1) is 10.3. The fraction of sp³-hybridized carbons (Fsp3) is 0.368. The second kappa shape index (κ2) is 4.96. The lowest BCUT2D eigenvalue weighted by molar-refractivity contribution is 0.461. The van der Waals surface area contributed by atoms with Gasteiger partial charge in [0.2, 0.25) is 0 Å². The van der Waals surface area contributed by atoms with Crippen LogP contribution in [0.1, 0.15) is 35.1 Å². The van der Waals surface area contributed by atoms with Crippen molar-refractivity contribution in [2.24, 2.45) is 11.8 Å². The van der Waals surface area contributed by atoms with Gasteiger partial charge in [-0.05, 0) is 54.8 Å². The Kier molecular flexibility index (Phi) is 3.07. The van der Waals surface area contributed by atoms with Gasteiger partial charge in [0, 0.05) is 11.6 Å². The van der Waals surface area contributed by atoms with Crippen molar-refractivity contribution in [2.75, 3.05) is 7.05 Å². The summed E-state index contributed by atoms with van der Waals surface area (Å²) in [7, 11) is 1.95. The highest BCUT2D eigenvalue weighted by molar-refractivity contribution is 5.41. The maximum absolute atomic E-state index is 14.1. The molecule has 2 aromatic carbocycles. The number of benzene rings is 2. The molecule has 2 heteroatoms. The highest BCUT2D eigenvalue weighted by atomic mass is 19.1. The van der Waals surface area contributed by atoms with Crippen molar-refractivity contribution < 1.29 is 4.39 Å². The van der Waals surface area contributed by atoms with Gasteiger partial charge in [-0.3, -0.25) is 0 Å². The summed E-state index contributed by atoms with van der Waals surface area (Å²) >= 11 is 0. The Balaban J connectivity index is 1.68. The van der Waals surface area contributed by atoms with Gasteiger partial charge in [0.25, 0.3) is 0 Å². The largest absolute Gasteiger partial charge is 0.313 e. The maximum Gasteiger partial charge on any atom is 0.127 e. The van der Waals surface area contributed by atoms with Gasteiger partial charge in [0.05, 0.1) is 0 Å². The summed E-state index contributed by atoms with van der Waals surface area (Å²) in [6.45, 7) is 0. The molecule has 108 valence electrons. The third-order valence-electron chi connectivity index (χ3n) is 5.33. The van der Waals surface area contributed by atoms with E-state index in [1.807, 2.05) is 19.2 Å². The molecule has 4 atom stereocenters. The van der Waals surface area contributed by atoms with Crippen molar-refractivity contribution >= 4 is 0 Å². The average Bonchev–Trinajstić information content (AvgIpc) is 3.25. The summed E-state index contributed by atoms with van der Waals surface area (Å²) in [4.78, 5) is 0. The van der Waals surface area contributed by atoms with Gasteiger partial charge in [-0.1, -0.05) is 42.5 Å².